The van der Waals surface area contributed by atoms with Crippen molar-refractivity contribution in [3.63, 3.8) is 0 Å². The maximum atomic E-state index is 11.4. The molecule has 1 atom stereocenters. The van der Waals surface area contributed by atoms with E-state index < -0.39 is 14.9 Å². The van der Waals surface area contributed by atoms with Gasteiger partial charge in [-0.1, -0.05) is 6.58 Å². The molecule has 0 fully saturated rings. The smallest absolute Gasteiger partial charge is 0.333 e. The van der Waals surface area contributed by atoms with Crippen molar-refractivity contribution in [2.45, 2.75) is 45.8 Å². The normalized spacial score (nSPS) is 13.9. The first-order valence-electron chi connectivity index (χ1n) is 5.99. The fraction of sp³-hybridized carbons (Fsp3) is 0.750. The summed E-state index contributed by atoms with van der Waals surface area (Å²) in [6.45, 7) is 14.0. The average molecular weight is 260 g/mol. The molecule has 100 valence electrons. The molecule has 0 bridgehead atoms. The summed E-state index contributed by atoms with van der Waals surface area (Å²) in [5.41, 5.74) is -0.291. The molecule has 0 N–H and O–H groups in total. The Balaban J connectivity index is 4.34. The van der Waals surface area contributed by atoms with E-state index in [2.05, 4.69) is 6.58 Å². The van der Waals surface area contributed by atoms with Gasteiger partial charge in [-0.2, -0.15) is 0 Å². The molecule has 4 nitrogen and oxygen atoms in total. The van der Waals surface area contributed by atoms with Crippen LogP contribution < -0.4 is 0 Å². The number of ether oxygens (including phenoxy) is 3. The fourth-order valence-electron chi connectivity index (χ4n) is 1.62. The highest BCUT2D eigenvalue weighted by molar-refractivity contribution is 6.40. The highest BCUT2D eigenvalue weighted by Gasteiger charge is 2.29. The number of carbonyl (C=O) groups is 1. The van der Waals surface area contributed by atoms with Crippen LogP contribution in [-0.2, 0) is 19.0 Å². The van der Waals surface area contributed by atoms with Crippen LogP contribution in [0.2, 0.25) is 0 Å². The lowest BCUT2D eigenvalue weighted by Gasteiger charge is -2.31. The molecule has 5 heteroatoms. The van der Waals surface area contributed by atoms with Crippen LogP contribution in [0.25, 0.3) is 0 Å². The van der Waals surface area contributed by atoms with Crippen molar-refractivity contribution >= 4 is 15.5 Å². The van der Waals surface area contributed by atoms with Gasteiger partial charge in [0, 0.05) is 18.8 Å². The molecule has 0 radical (unpaired) electrons. The third kappa shape index (κ3) is 6.60. The molecule has 0 saturated heterocycles. The Kier molecular flexibility index (Phi) is 7.34. The van der Waals surface area contributed by atoms with E-state index in [1.165, 1.54) is 0 Å². The molecule has 0 saturated carbocycles. The van der Waals surface area contributed by atoms with Crippen molar-refractivity contribution in [2.75, 3.05) is 13.2 Å². The van der Waals surface area contributed by atoms with Crippen molar-refractivity contribution in [1.82, 2.24) is 0 Å². The second kappa shape index (κ2) is 7.63. The largest absolute Gasteiger partial charge is 0.464 e. The molecule has 0 spiro atoms. The Hall–Kier alpha value is -0.653. The van der Waals surface area contributed by atoms with E-state index >= 15 is 0 Å². The molecular formula is C12H24O4Si. The van der Waals surface area contributed by atoms with Crippen LogP contribution in [0.15, 0.2) is 12.2 Å². The Labute approximate surface area is 106 Å². The van der Waals surface area contributed by atoms with E-state index in [1.54, 1.807) is 6.92 Å². The predicted molar refractivity (Wildman–Crippen MR) is 70.6 cm³/mol. The molecule has 17 heavy (non-hydrogen) atoms. The molecule has 0 amide bonds. The van der Waals surface area contributed by atoms with Gasteiger partial charge in [0.2, 0.25) is 0 Å². The van der Waals surface area contributed by atoms with Gasteiger partial charge in [-0.05, 0) is 34.6 Å². The van der Waals surface area contributed by atoms with Crippen molar-refractivity contribution in [3.05, 3.63) is 12.2 Å². The van der Waals surface area contributed by atoms with Crippen LogP contribution in [0, 0.1) is 0 Å². The van der Waals surface area contributed by atoms with Gasteiger partial charge in [-0.3, -0.25) is 0 Å². The van der Waals surface area contributed by atoms with Crippen LogP contribution in [0.4, 0.5) is 0 Å². The lowest BCUT2D eigenvalue weighted by atomic mass is 10.4. The summed E-state index contributed by atoms with van der Waals surface area (Å²) in [7, 11) is -0.872. The second-order valence-electron chi connectivity index (χ2n) is 4.20. The quantitative estimate of drug-likeness (QED) is 0.286. The lowest BCUT2D eigenvalue weighted by Crippen LogP contribution is -2.45. The zero-order chi connectivity index (χ0) is 13.5. The summed E-state index contributed by atoms with van der Waals surface area (Å²) in [4.78, 5) is 11.4. The highest BCUT2D eigenvalue weighted by atomic mass is 28.2. The summed E-state index contributed by atoms with van der Waals surface area (Å²) in [6, 6.07) is 0. The topological polar surface area (TPSA) is 44.8 Å². The van der Waals surface area contributed by atoms with Crippen LogP contribution >= 0.6 is 0 Å². The third-order valence-corrected chi connectivity index (χ3v) is 4.11. The van der Waals surface area contributed by atoms with Gasteiger partial charge in [-0.25, -0.2) is 4.79 Å². The molecule has 0 rings (SSSR count). The Bertz CT molecular complexity index is 259. The van der Waals surface area contributed by atoms with Gasteiger partial charge in [0.05, 0.1) is 5.73 Å². The molecule has 0 aliphatic carbocycles. The van der Waals surface area contributed by atoms with Gasteiger partial charge in [0.1, 0.15) is 14.9 Å². The average Bonchev–Trinajstić information content (AvgIpc) is 2.16. The van der Waals surface area contributed by atoms with Gasteiger partial charge >= 0.3 is 5.97 Å². The molecule has 0 aromatic rings. The minimum atomic E-state index is -0.872. The van der Waals surface area contributed by atoms with Crippen molar-refractivity contribution in [1.29, 1.82) is 0 Å². The molecule has 1 unspecified atom stereocenters. The van der Waals surface area contributed by atoms with E-state index in [0.717, 1.165) is 0 Å². The maximum absolute atomic E-state index is 11.4. The predicted octanol–water partition coefficient (Wildman–Crippen LogP) is 1.37. The second-order valence-corrected chi connectivity index (χ2v) is 7.04. The van der Waals surface area contributed by atoms with Crippen LogP contribution in [-0.4, -0.2) is 39.8 Å². The SMILES string of the molecule is C=C(C)C(=O)OC(C)[SiH2]C(C)(OCC)OCC. The Morgan fingerprint density at radius 2 is 1.82 bits per heavy atom. The van der Waals surface area contributed by atoms with Crippen LogP contribution in [0.3, 0.4) is 0 Å². The molecule has 0 aromatic heterocycles. The first kappa shape index (κ1) is 16.3. The number of hydrogen-bond acceptors (Lipinski definition) is 4. The first-order chi connectivity index (χ1) is 7.84. The minimum absolute atomic E-state index is 0.137. The number of rotatable bonds is 8. The van der Waals surface area contributed by atoms with E-state index in [1.807, 2.05) is 27.7 Å². The molecular weight excluding hydrogens is 236 g/mol. The van der Waals surface area contributed by atoms with Gasteiger partial charge < -0.3 is 14.2 Å². The zero-order valence-corrected chi connectivity index (χ0v) is 13.0. The number of esters is 1. The fourth-order valence-corrected chi connectivity index (χ4v) is 3.54. The lowest BCUT2D eigenvalue weighted by molar-refractivity contribution is -0.166. The minimum Gasteiger partial charge on any atom is -0.464 e. The highest BCUT2D eigenvalue weighted by Crippen LogP contribution is 2.14. The monoisotopic (exact) mass is 260 g/mol. The van der Waals surface area contributed by atoms with Gasteiger partial charge in [0.15, 0.2) is 0 Å². The summed E-state index contributed by atoms with van der Waals surface area (Å²) < 4.78 is 16.5. The summed E-state index contributed by atoms with van der Waals surface area (Å²) in [6.07, 6.45) is 0. The summed E-state index contributed by atoms with van der Waals surface area (Å²) in [5.74, 6) is -0.347. The molecule has 0 aliphatic rings. The first-order valence-corrected chi connectivity index (χ1v) is 7.51. The standard InChI is InChI=1S/C12H24O4Si/c1-7-14-12(6,15-8-2)17-10(5)16-11(13)9(3)4/h10H,3,7-8,17H2,1-2,4-6H3. The Morgan fingerprint density at radius 3 is 2.18 bits per heavy atom. The maximum Gasteiger partial charge on any atom is 0.333 e. The van der Waals surface area contributed by atoms with Crippen molar-refractivity contribution < 1.29 is 19.0 Å². The van der Waals surface area contributed by atoms with E-state index in [4.69, 9.17) is 14.2 Å². The molecule has 0 aromatic carbocycles. The summed E-state index contributed by atoms with van der Waals surface area (Å²) in [5, 5.41) is 0. The van der Waals surface area contributed by atoms with E-state index in [-0.39, 0.29) is 11.7 Å². The molecule has 0 heterocycles. The number of carbonyl (C=O) groups excluding carboxylic acids is 1. The third-order valence-electron chi connectivity index (χ3n) is 2.21. The van der Waals surface area contributed by atoms with Crippen molar-refractivity contribution in [2.24, 2.45) is 0 Å². The number of hydrogen-bond donors (Lipinski definition) is 0. The van der Waals surface area contributed by atoms with Gasteiger partial charge in [0.25, 0.3) is 0 Å². The summed E-state index contributed by atoms with van der Waals surface area (Å²) >= 11 is 0. The van der Waals surface area contributed by atoms with E-state index in [9.17, 15) is 4.79 Å². The van der Waals surface area contributed by atoms with Crippen molar-refractivity contribution in [3.8, 4) is 0 Å². The van der Waals surface area contributed by atoms with Crippen LogP contribution in [0.1, 0.15) is 34.6 Å². The molecule has 0 aliphatic heterocycles. The van der Waals surface area contributed by atoms with Crippen LogP contribution in [0.5, 0.6) is 0 Å². The Morgan fingerprint density at radius 1 is 1.35 bits per heavy atom. The van der Waals surface area contributed by atoms with Gasteiger partial charge in [-0.15, -0.1) is 0 Å². The van der Waals surface area contributed by atoms with E-state index in [0.29, 0.717) is 18.8 Å². The zero-order valence-electron chi connectivity index (χ0n) is 11.5.